The number of benzene rings is 2. The van der Waals surface area contributed by atoms with Gasteiger partial charge in [0.2, 0.25) is 0 Å². The van der Waals surface area contributed by atoms with Crippen molar-refractivity contribution in [2.24, 2.45) is 5.92 Å². The van der Waals surface area contributed by atoms with E-state index in [9.17, 15) is 0 Å². The molecule has 0 saturated heterocycles. The molecular formula is C20H25NO3. The summed E-state index contributed by atoms with van der Waals surface area (Å²) in [5.41, 5.74) is 3.84. The van der Waals surface area contributed by atoms with Gasteiger partial charge in [0.1, 0.15) is 11.5 Å². The topological polar surface area (TPSA) is 50.7 Å². The van der Waals surface area contributed by atoms with Crippen LogP contribution in [0.3, 0.4) is 0 Å². The van der Waals surface area contributed by atoms with E-state index in [4.69, 9.17) is 14.6 Å². The first-order chi connectivity index (χ1) is 11.8. The molecule has 0 aromatic heterocycles. The number of rotatable bonds is 7. The molecular weight excluding hydrogens is 302 g/mol. The predicted octanol–water partition coefficient (Wildman–Crippen LogP) is 2.57. The van der Waals surface area contributed by atoms with Gasteiger partial charge in [-0.3, -0.25) is 0 Å². The summed E-state index contributed by atoms with van der Waals surface area (Å²) in [5, 5.41) is 12.0. The standard InChI is InChI=1S/C20H25NO3/c1-23-19-7-6-18-11-17(14-24-20(18)12-19)10-15-2-4-16(5-3-15)13-21-8-9-22/h2-7,12,17,21-22H,8-11,13-14H2,1H3/t17-/m0/s1. The molecule has 1 aliphatic rings. The SMILES string of the molecule is COc1ccc2c(c1)OC[C@@H](Cc1ccc(CNCCO)cc1)C2. The number of hydrogen-bond acceptors (Lipinski definition) is 4. The lowest BCUT2D eigenvalue weighted by Gasteiger charge is -2.25. The molecule has 0 bridgehead atoms. The van der Waals surface area contributed by atoms with Crippen molar-refractivity contribution < 1.29 is 14.6 Å². The Bertz CT molecular complexity index is 654. The number of fused-ring (bicyclic) bond motifs is 1. The van der Waals surface area contributed by atoms with Gasteiger partial charge in [-0.25, -0.2) is 0 Å². The molecule has 0 fully saturated rings. The molecule has 4 heteroatoms. The van der Waals surface area contributed by atoms with Crippen molar-refractivity contribution in [1.29, 1.82) is 0 Å². The molecule has 2 N–H and O–H groups in total. The number of aliphatic hydroxyl groups excluding tert-OH is 1. The van der Waals surface area contributed by atoms with Crippen molar-refractivity contribution in [1.82, 2.24) is 5.32 Å². The van der Waals surface area contributed by atoms with Gasteiger partial charge in [-0.1, -0.05) is 30.3 Å². The lowest BCUT2D eigenvalue weighted by molar-refractivity contribution is 0.220. The monoisotopic (exact) mass is 327 g/mol. The molecule has 1 heterocycles. The molecule has 1 aliphatic heterocycles. The highest BCUT2D eigenvalue weighted by Crippen LogP contribution is 2.32. The largest absolute Gasteiger partial charge is 0.497 e. The van der Waals surface area contributed by atoms with E-state index in [-0.39, 0.29) is 6.61 Å². The van der Waals surface area contributed by atoms with Crippen molar-refractivity contribution in [3.63, 3.8) is 0 Å². The molecule has 3 rings (SSSR count). The first kappa shape index (κ1) is 16.8. The van der Waals surface area contributed by atoms with Crippen LogP contribution in [0, 0.1) is 5.92 Å². The molecule has 0 aliphatic carbocycles. The van der Waals surface area contributed by atoms with Gasteiger partial charge in [-0.2, -0.15) is 0 Å². The van der Waals surface area contributed by atoms with E-state index in [1.807, 2.05) is 12.1 Å². The van der Waals surface area contributed by atoms with Crippen LogP contribution in [-0.2, 0) is 19.4 Å². The maximum absolute atomic E-state index is 8.79. The number of aliphatic hydroxyl groups is 1. The van der Waals surface area contributed by atoms with Crippen LogP contribution in [0.15, 0.2) is 42.5 Å². The summed E-state index contributed by atoms with van der Waals surface area (Å²) in [5.74, 6) is 2.30. The van der Waals surface area contributed by atoms with Crippen LogP contribution in [0.5, 0.6) is 11.5 Å². The Balaban J connectivity index is 1.56. The highest BCUT2D eigenvalue weighted by atomic mass is 16.5. The molecule has 0 amide bonds. The summed E-state index contributed by atoms with van der Waals surface area (Å²) >= 11 is 0. The fraction of sp³-hybridized carbons (Fsp3) is 0.400. The maximum Gasteiger partial charge on any atom is 0.126 e. The summed E-state index contributed by atoms with van der Waals surface area (Å²) in [7, 11) is 1.68. The van der Waals surface area contributed by atoms with Crippen LogP contribution in [0.2, 0.25) is 0 Å². The van der Waals surface area contributed by atoms with Crippen LogP contribution < -0.4 is 14.8 Å². The maximum atomic E-state index is 8.79. The Morgan fingerprint density at radius 3 is 2.71 bits per heavy atom. The minimum absolute atomic E-state index is 0.174. The average molecular weight is 327 g/mol. The van der Waals surface area contributed by atoms with Crippen LogP contribution in [0.25, 0.3) is 0 Å². The van der Waals surface area contributed by atoms with E-state index < -0.39 is 0 Å². The molecule has 128 valence electrons. The van der Waals surface area contributed by atoms with E-state index in [1.165, 1.54) is 16.7 Å². The molecule has 24 heavy (non-hydrogen) atoms. The van der Waals surface area contributed by atoms with Gasteiger partial charge in [0.15, 0.2) is 0 Å². The smallest absolute Gasteiger partial charge is 0.126 e. The highest BCUT2D eigenvalue weighted by molar-refractivity contribution is 5.42. The molecule has 0 spiro atoms. The Morgan fingerprint density at radius 1 is 1.17 bits per heavy atom. The Labute approximate surface area is 143 Å². The number of ether oxygens (including phenoxy) is 2. The average Bonchev–Trinajstić information content (AvgIpc) is 2.63. The van der Waals surface area contributed by atoms with E-state index in [0.717, 1.165) is 37.5 Å². The molecule has 1 atom stereocenters. The van der Waals surface area contributed by atoms with Crippen molar-refractivity contribution in [3.8, 4) is 11.5 Å². The second-order valence-corrected chi connectivity index (χ2v) is 6.28. The third-order valence-corrected chi connectivity index (χ3v) is 4.42. The molecule has 0 saturated carbocycles. The Morgan fingerprint density at radius 2 is 1.96 bits per heavy atom. The van der Waals surface area contributed by atoms with Gasteiger partial charge in [-0.15, -0.1) is 0 Å². The summed E-state index contributed by atoms with van der Waals surface area (Å²) in [6, 6.07) is 14.8. The summed E-state index contributed by atoms with van der Waals surface area (Å²) < 4.78 is 11.2. The molecule has 0 radical (unpaired) electrons. The van der Waals surface area contributed by atoms with Crippen molar-refractivity contribution >= 4 is 0 Å². The van der Waals surface area contributed by atoms with E-state index >= 15 is 0 Å². The van der Waals surface area contributed by atoms with Gasteiger partial charge in [-0.05, 0) is 35.6 Å². The normalized spacial score (nSPS) is 16.3. The second kappa shape index (κ2) is 8.18. The quantitative estimate of drug-likeness (QED) is 0.768. The Kier molecular flexibility index (Phi) is 5.72. The van der Waals surface area contributed by atoms with E-state index in [2.05, 4.69) is 35.6 Å². The van der Waals surface area contributed by atoms with Gasteiger partial charge in [0.05, 0.1) is 20.3 Å². The van der Waals surface area contributed by atoms with Crippen molar-refractivity contribution in [2.45, 2.75) is 19.4 Å². The van der Waals surface area contributed by atoms with Gasteiger partial charge < -0.3 is 19.9 Å². The minimum Gasteiger partial charge on any atom is -0.497 e. The Hall–Kier alpha value is -2.04. The van der Waals surface area contributed by atoms with Crippen molar-refractivity contribution in [3.05, 3.63) is 59.2 Å². The number of hydrogen-bond donors (Lipinski definition) is 2. The third-order valence-electron chi connectivity index (χ3n) is 4.42. The fourth-order valence-electron chi connectivity index (χ4n) is 3.11. The first-order valence-corrected chi connectivity index (χ1v) is 8.47. The van der Waals surface area contributed by atoms with E-state index in [1.54, 1.807) is 7.11 Å². The molecule has 0 unspecified atom stereocenters. The highest BCUT2D eigenvalue weighted by Gasteiger charge is 2.20. The zero-order chi connectivity index (χ0) is 16.8. The minimum atomic E-state index is 0.174. The third kappa shape index (κ3) is 4.28. The van der Waals surface area contributed by atoms with Crippen LogP contribution in [0.4, 0.5) is 0 Å². The number of methoxy groups -OCH3 is 1. The summed E-state index contributed by atoms with van der Waals surface area (Å²) in [4.78, 5) is 0. The van der Waals surface area contributed by atoms with Crippen LogP contribution >= 0.6 is 0 Å². The second-order valence-electron chi connectivity index (χ2n) is 6.28. The van der Waals surface area contributed by atoms with Crippen LogP contribution in [-0.4, -0.2) is 32.0 Å². The molecule has 2 aromatic carbocycles. The summed E-state index contributed by atoms with van der Waals surface area (Å²) in [6.07, 6.45) is 2.06. The molecule has 2 aromatic rings. The van der Waals surface area contributed by atoms with Crippen LogP contribution in [0.1, 0.15) is 16.7 Å². The van der Waals surface area contributed by atoms with Gasteiger partial charge in [0.25, 0.3) is 0 Å². The lowest BCUT2D eigenvalue weighted by Crippen LogP contribution is -2.22. The molecule has 4 nitrogen and oxygen atoms in total. The van der Waals surface area contributed by atoms with Crippen molar-refractivity contribution in [2.75, 3.05) is 26.9 Å². The van der Waals surface area contributed by atoms with Gasteiger partial charge in [0, 0.05) is 25.1 Å². The zero-order valence-electron chi connectivity index (χ0n) is 14.1. The lowest BCUT2D eigenvalue weighted by atomic mass is 9.90. The predicted molar refractivity (Wildman–Crippen MR) is 94.6 cm³/mol. The fourth-order valence-corrected chi connectivity index (χ4v) is 3.11. The summed E-state index contributed by atoms with van der Waals surface area (Å²) in [6.45, 7) is 2.35. The first-order valence-electron chi connectivity index (χ1n) is 8.47. The zero-order valence-corrected chi connectivity index (χ0v) is 14.1. The van der Waals surface area contributed by atoms with E-state index in [0.29, 0.717) is 12.5 Å². The number of nitrogens with one attached hydrogen (secondary N) is 1. The van der Waals surface area contributed by atoms with Gasteiger partial charge >= 0.3 is 0 Å².